The van der Waals surface area contributed by atoms with Gasteiger partial charge in [0, 0.05) is 18.5 Å². The second-order valence-corrected chi connectivity index (χ2v) is 6.23. The van der Waals surface area contributed by atoms with E-state index in [1.807, 2.05) is 12.1 Å². The number of aromatic nitrogens is 2. The number of benzene rings is 2. The molecule has 2 aromatic carbocycles. The summed E-state index contributed by atoms with van der Waals surface area (Å²) in [6.45, 7) is 1.68. The summed E-state index contributed by atoms with van der Waals surface area (Å²) in [4.78, 5) is 27.4. The van der Waals surface area contributed by atoms with E-state index in [1.54, 1.807) is 36.4 Å². The van der Waals surface area contributed by atoms with E-state index in [1.165, 1.54) is 6.92 Å². The second kappa shape index (κ2) is 9.01. The molecule has 1 aromatic heterocycles. The predicted octanol–water partition coefficient (Wildman–Crippen LogP) is 3.19. The minimum absolute atomic E-state index is 0.0233. The van der Waals surface area contributed by atoms with Crippen LogP contribution < -0.4 is 15.4 Å². The molecule has 0 aliphatic carbocycles. The number of carbonyl (C=O) groups excluding carboxylic acids is 2. The number of ether oxygens (including phenoxy) is 1. The van der Waals surface area contributed by atoms with Crippen molar-refractivity contribution >= 4 is 29.1 Å². The number of para-hydroxylation sites is 2. The van der Waals surface area contributed by atoms with Crippen LogP contribution in [0.4, 0.5) is 5.69 Å². The maximum Gasteiger partial charge on any atom is 0.316 e. The molecule has 1 heterocycles. The van der Waals surface area contributed by atoms with E-state index in [-0.39, 0.29) is 24.2 Å². The van der Waals surface area contributed by atoms with Gasteiger partial charge in [0.2, 0.25) is 11.7 Å². The molecule has 0 aliphatic heterocycles. The monoisotopic (exact) mass is 400 g/mol. The van der Waals surface area contributed by atoms with Crippen LogP contribution in [-0.4, -0.2) is 22.0 Å². The zero-order chi connectivity index (χ0) is 19.9. The maximum absolute atomic E-state index is 12.1. The molecule has 0 aliphatic rings. The Hall–Kier alpha value is -3.39. The number of nitrogens with one attached hydrogen (secondary N) is 2. The van der Waals surface area contributed by atoms with Gasteiger partial charge >= 0.3 is 11.8 Å². The highest BCUT2D eigenvalue weighted by molar-refractivity contribution is 6.30. The van der Waals surface area contributed by atoms with Crippen molar-refractivity contribution in [1.82, 2.24) is 15.5 Å². The van der Waals surface area contributed by atoms with Crippen molar-refractivity contribution in [2.24, 2.45) is 0 Å². The fraction of sp³-hybridized carbons (Fsp3) is 0.158. The highest BCUT2D eigenvalue weighted by atomic mass is 35.5. The summed E-state index contributed by atoms with van der Waals surface area (Å²) in [6.07, 6.45) is 0. The molecule has 3 aromatic rings. The first-order chi connectivity index (χ1) is 13.5. The van der Waals surface area contributed by atoms with Crippen molar-refractivity contribution in [3.63, 3.8) is 0 Å². The third-order valence-corrected chi connectivity index (χ3v) is 3.84. The molecule has 3 rings (SSSR count). The van der Waals surface area contributed by atoms with Crippen molar-refractivity contribution in [3.05, 3.63) is 70.8 Å². The Morgan fingerprint density at radius 3 is 2.64 bits per heavy atom. The Kier molecular flexibility index (Phi) is 6.23. The second-order valence-electron chi connectivity index (χ2n) is 5.79. The van der Waals surface area contributed by atoms with Gasteiger partial charge in [-0.1, -0.05) is 41.0 Å². The number of anilines is 1. The maximum atomic E-state index is 12.1. The lowest BCUT2D eigenvalue weighted by Gasteiger charge is -2.09. The zero-order valence-electron chi connectivity index (χ0n) is 14.9. The van der Waals surface area contributed by atoms with Crippen LogP contribution in [0.1, 0.15) is 29.0 Å². The molecular formula is C19H17ClN4O4. The number of hydrogen-bond donors (Lipinski definition) is 2. The summed E-state index contributed by atoms with van der Waals surface area (Å²) in [5, 5.41) is 9.71. The normalized spacial score (nSPS) is 10.4. The van der Waals surface area contributed by atoms with Crippen LogP contribution in [0.2, 0.25) is 5.02 Å². The van der Waals surface area contributed by atoms with Gasteiger partial charge in [0.1, 0.15) is 5.75 Å². The van der Waals surface area contributed by atoms with E-state index in [0.717, 1.165) is 5.56 Å². The van der Waals surface area contributed by atoms with Gasteiger partial charge in [0.05, 0.1) is 5.69 Å². The van der Waals surface area contributed by atoms with Crippen LogP contribution in [0.15, 0.2) is 53.1 Å². The van der Waals surface area contributed by atoms with E-state index in [0.29, 0.717) is 23.0 Å². The molecule has 0 radical (unpaired) electrons. The number of hydrogen-bond acceptors (Lipinski definition) is 6. The SMILES string of the molecule is CC(=O)Nc1ccccc1OCc1noc(C(=O)NCc2ccc(Cl)cc2)n1. The Balaban J connectivity index is 1.56. The first kappa shape index (κ1) is 19.4. The quantitative estimate of drug-likeness (QED) is 0.630. The van der Waals surface area contributed by atoms with Gasteiger partial charge in [-0.05, 0) is 29.8 Å². The Morgan fingerprint density at radius 2 is 1.89 bits per heavy atom. The number of carbonyl (C=O) groups is 2. The van der Waals surface area contributed by atoms with E-state index in [2.05, 4.69) is 20.8 Å². The van der Waals surface area contributed by atoms with Crippen LogP contribution in [0, 0.1) is 0 Å². The van der Waals surface area contributed by atoms with E-state index >= 15 is 0 Å². The molecule has 2 amide bonds. The van der Waals surface area contributed by atoms with Gasteiger partial charge in [-0.25, -0.2) is 0 Å². The molecule has 0 saturated carbocycles. The van der Waals surface area contributed by atoms with Crippen LogP contribution in [0.3, 0.4) is 0 Å². The zero-order valence-corrected chi connectivity index (χ0v) is 15.7. The molecule has 28 heavy (non-hydrogen) atoms. The summed E-state index contributed by atoms with van der Waals surface area (Å²) < 4.78 is 10.6. The Labute approximate surface area is 165 Å². The van der Waals surface area contributed by atoms with Gasteiger partial charge in [-0.2, -0.15) is 4.98 Å². The van der Waals surface area contributed by atoms with Crippen LogP contribution in [0.25, 0.3) is 0 Å². The lowest BCUT2D eigenvalue weighted by Crippen LogP contribution is -2.23. The molecule has 0 saturated heterocycles. The molecule has 144 valence electrons. The average Bonchev–Trinajstić information content (AvgIpc) is 3.15. The number of halogens is 1. The van der Waals surface area contributed by atoms with Crippen molar-refractivity contribution in [2.75, 3.05) is 5.32 Å². The van der Waals surface area contributed by atoms with Crippen LogP contribution in [0.5, 0.6) is 5.75 Å². The smallest absolute Gasteiger partial charge is 0.316 e. The largest absolute Gasteiger partial charge is 0.483 e. The van der Waals surface area contributed by atoms with Gasteiger partial charge in [-0.15, -0.1) is 0 Å². The molecule has 8 nitrogen and oxygen atoms in total. The van der Waals surface area contributed by atoms with Crippen molar-refractivity contribution < 1.29 is 18.8 Å². The number of amides is 2. The fourth-order valence-corrected chi connectivity index (χ4v) is 2.42. The van der Waals surface area contributed by atoms with E-state index in [9.17, 15) is 9.59 Å². The molecule has 0 spiro atoms. The minimum Gasteiger partial charge on any atom is -0.483 e. The molecule has 2 N–H and O–H groups in total. The fourth-order valence-electron chi connectivity index (χ4n) is 2.29. The Morgan fingerprint density at radius 1 is 1.14 bits per heavy atom. The van der Waals surface area contributed by atoms with Crippen molar-refractivity contribution in [2.45, 2.75) is 20.1 Å². The van der Waals surface area contributed by atoms with Crippen molar-refractivity contribution in [1.29, 1.82) is 0 Å². The van der Waals surface area contributed by atoms with Gasteiger partial charge in [0.15, 0.2) is 6.61 Å². The van der Waals surface area contributed by atoms with Gasteiger partial charge in [0.25, 0.3) is 0 Å². The van der Waals surface area contributed by atoms with Gasteiger partial charge < -0.3 is 19.9 Å². The van der Waals surface area contributed by atoms with Crippen molar-refractivity contribution in [3.8, 4) is 5.75 Å². The lowest BCUT2D eigenvalue weighted by atomic mass is 10.2. The third-order valence-electron chi connectivity index (χ3n) is 3.58. The average molecular weight is 401 g/mol. The number of rotatable bonds is 7. The Bertz CT molecular complexity index is 972. The molecule has 0 bridgehead atoms. The minimum atomic E-state index is -0.493. The lowest BCUT2D eigenvalue weighted by molar-refractivity contribution is -0.114. The number of nitrogens with zero attached hydrogens (tertiary/aromatic N) is 2. The predicted molar refractivity (Wildman–Crippen MR) is 102 cm³/mol. The summed E-state index contributed by atoms with van der Waals surface area (Å²) in [7, 11) is 0. The van der Waals surface area contributed by atoms with Crippen LogP contribution >= 0.6 is 11.6 Å². The van der Waals surface area contributed by atoms with Crippen LogP contribution in [-0.2, 0) is 17.9 Å². The summed E-state index contributed by atoms with van der Waals surface area (Å²) in [5.74, 6) is -0.212. The molecule has 0 unspecified atom stereocenters. The summed E-state index contributed by atoms with van der Waals surface area (Å²) >= 11 is 5.83. The molecule has 0 fully saturated rings. The molecular weight excluding hydrogens is 384 g/mol. The van der Waals surface area contributed by atoms with E-state index in [4.69, 9.17) is 20.9 Å². The topological polar surface area (TPSA) is 106 Å². The molecule has 9 heteroatoms. The summed E-state index contributed by atoms with van der Waals surface area (Å²) in [5.41, 5.74) is 1.41. The standard InChI is InChI=1S/C19H17ClN4O4/c1-12(25)22-15-4-2-3-5-16(15)27-11-17-23-19(28-24-17)18(26)21-10-13-6-8-14(20)9-7-13/h2-9H,10-11H2,1H3,(H,21,26)(H,22,25). The third kappa shape index (κ3) is 5.31. The van der Waals surface area contributed by atoms with E-state index < -0.39 is 5.91 Å². The first-order valence-electron chi connectivity index (χ1n) is 8.36. The van der Waals surface area contributed by atoms with Gasteiger partial charge in [-0.3, -0.25) is 9.59 Å². The molecule has 0 atom stereocenters. The summed E-state index contributed by atoms with van der Waals surface area (Å²) in [6, 6.07) is 14.0. The highest BCUT2D eigenvalue weighted by Crippen LogP contribution is 2.24. The highest BCUT2D eigenvalue weighted by Gasteiger charge is 2.15. The first-order valence-corrected chi connectivity index (χ1v) is 8.73.